The van der Waals surface area contributed by atoms with Crippen LogP contribution in [0, 0.1) is 0 Å². The van der Waals surface area contributed by atoms with Gasteiger partial charge in [-0.25, -0.2) is 4.57 Å². The Bertz CT molecular complexity index is 1500. The molecule has 0 aliphatic carbocycles. The fourth-order valence-electron chi connectivity index (χ4n) is 3.99. The molecule has 2 aromatic heterocycles. The van der Waals surface area contributed by atoms with Crippen LogP contribution in [-0.4, -0.2) is 27.7 Å². The van der Waals surface area contributed by atoms with E-state index in [4.69, 9.17) is 9.05 Å². The highest BCUT2D eigenvalue weighted by Gasteiger charge is 2.28. The number of fused-ring (bicyclic) bond motifs is 2. The number of benzene rings is 3. The monoisotopic (exact) mass is 446 g/mol. The molecular formula is C24H22N4O5. The molecule has 0 bridgehead atoms. The van der Waals surface area contributed by atoms with Crippen molar-refractivity contribution in [2.75, 3.05) is 23.7 Å². The number of aromatic nitrogens is 2. The average molecular weight is 446 g/mol. The van der Waals surface area contributed by atoms with Crippen molar-refractivity contribution in [3.8, 4) is 17.1 Å². The molecule has 5 rings (SSSR count). The zero-order valence-electron chi connectivity index (χ0n) is 18.1. The van der Waals surface area contributed by atoms with Gasteiger partial charge in [0.1, 0.15) is 11.4 Å². The molecule has 0 spiro atoms. The van der Waals surface area contributed by atoms with Crippen molar-refractivity contribution in [2.45, 2.75) is 13.8 Å². The Morgan fingerprint density at radius 2 is 1.27 bits per heavy atom. The molecule has 9 nitrogen and oxygen atoms in total. The summed E-state index contributed by atoms with van der Waals surface area (Å²) >= 11 is 0. The van der Waals surface area contributed by atoms with Crippen molar-refractivity contribution < 1.29 is 14.2 Å². The number of rotatable bonds is 6. The van der Waals surface area contributed by atoms with E-state index in [2.05, 4.69) is 10.6 Å². The summed E-state index contributed by atoms with van der Waals surface area (Å²) in [4.78, 5) is 28.3. The molecule has 3 aromatic carbocycles. The smallest absolute Gasteiger partial charge is 0.268 e. The molecule has 0 saturated carbocycles. The lowest BCUT2D eigenvalue weighted by Gasteiger charge is -2.08. The Labute approximate surface area is 187 Å². The van der Waals surface area contributed by atoms with E-state index in [-0.39, 0.29) is 16.5 Å². The van der Waals surface area contributed by atoms with E-state index in [1.165, 1.54) is 21.6 Å². The lowest BCUT2D eigenvalue weighted by atomic mass is 10.1. The standard InChI is InChI=1S/C24H22N4O5/c1-3-25-19-17-18(24(31)27(23(17)30)14-8-6-5-7-9-14)20(26-4-2)22-21(19)32-28(33-22)15-10-12-16(29)13-11-15/h5-13,25-26,29H,3-4H2,1-2H3. The van der Waals surface area contributed by atoms with Crippen LogP contribution in [0.25, 0.3) is 33.3 Å². The number of hydrogen-bond acceptors (Lipinski definition) is 7. The number of phenols is 1. The molecule has 33 heavy (non-hydrogen) atoms. The summed E-state index contributed by atoms with van der Waals surface area (Å²) in [6, 6.07) is 15.1. The van der Waals surface area contributed by atoms with Crippen LogP contribution in [0.4, 0.5) is 11.4 Å². The van der Waals surface area contributed by atoms with E-state index in [1.54, 1.807) is 36.4 Å². The van der Waals surface area contributed by atoms with Crippen LogP contribution in [-0.2, 0) is 0 Å². The van der Waals surface area contributed by atoms with Gasteiger partial charge in [0.05, 0.1) is 27.8 Å². The molecule has 0 aliphatic heterocycles. The molecular weight excluding hydrogens is 424 g/mol. The van der Waals surface area contributed by atoms with Crippen LogP contribution in [0.5, 0.6) is 5.75 Å². The van der Waals surface area contributed by atoms with E-state index in [0.29, 0.717) is 47.0 Å². The number of phenolic OH excluding ortho intramolecular Hbond substituents is 1. The Balaban J connectivity index is 1.91. The molecule has 3 N–H and O–H groups in total. The molecule has 168 valence electrons. The number of anilines is 2. The van der Waals surface area contributed by atoms with E-state index in [9.17, 15) is 14.7 Å². The summed E-state index contributed by atoms with van der Waals surface area (Å²) in [5, 5.41) is 16.4. The first-order valence-electron chi connectivity index (χ1n) is 10.7. The van der Waals surface area contributed by atoms with Crippen molar-refractivity contribution in [1.29, 1.82) is 0 Å². The van der Waals surface area contributed by atoms with Gasteiger partial charge >= 0.3 is 0 Å². The first-order valence-corrected chi connectivity index (χ1v) is 10.7. The van der Waals surface area contributed by atoms with E-state index < -0.39 is 11.1 Å². The average Bonchev–Trinajstić information content (AvgIpc) is 3.37. The summed E-state index contributed by atoms with van der Waals surface area (Å²) < 4.78 is 13.2. The highest BCUT2D eigenvalue weighted by molar-refractivity contribution is 6.16. The van der Waals surface area contributed by atoms with Crippen LogP contribution in [0.3, 0.4) is 0 Å². The van der Waals surface area contributed by atoms with Crippen LogP contribution in [0.1, 0.15) is 13.8 Å². The molecule has 5 aromatic rings. The summed E-state index contributed by atoms with van der Waals surface area (Å²) in [5.41, 5.74) is 1.52. The highest BCUT2D eigenvalue weighted by atomic mass is 16.7. The van der Waals surface area contributed by atoms with Crippen molar-refractivity contribution in [1.82, 2.24) is 9.48 Å². The Kier molecular flexibility index (Phi) is 4.93. The van der Waals surface area contributed by atoms with Crippen LogP contribution < -0.4 is 21.8 Å². The van der Waals surface area contributed by atoms with Gasteiger partial charge in [0, 0.05) is 13.1 Å². The minimum Gasteiger partial charge on any atom is -0.508 e. The van der Waals surface area contributed by atoms with Gasteiger partial charge in [-0.15, -0.1) is 0 Å². The van der Waals surface area contributed by atoms with Gasteiger partial charge in [0.15, 0.2) is 0 Å². The third kappa shape index (κ3) is 3.16. The predicted molar refractivity (Wildman–Crippen MR) is 127 cm³/mol. The highest BCUT2D eigenvalue weighted by Crippen LogP contribution is 2.39. The number of nitrogens with one attached hydrogen (secondary N) is 2. The second-order valence-electron chi connectivity index (χ2n) is 7.46. The first-order chi connectivity index (χ1) is 16.0. The molecule has 0 aliphatic rings. The van der Waals surface area contributed by atoms with Gasteiger partial charge < -0.3 is 24.8 Å². The van der Waals surface area contributed by atoms with Crippen molar-refractivity contribution >= 4 is 33.3 Å². The molecule has 9 heteroatoms. The zero-order valence-corrected chi connectivity index (χ0v) is 18.1. The van der Waals surface area contributed by atoms with Crippen LogP contribution in [0.2, 0.25) is 0 Å². The van der Waals surface area contributed by atoms with Gasteiger partial charge in [-0.05, 0) is 55.2 Å². The van der Waals surface area contributed by atoms with E-state index >= 15 is 0 Å². The van der Waals surface area contributed by atoms with Gasteiger partial charge in [-0.2, -0.15) is 0 Å². The van der Waals surface area contributed by atoms with Gasteiger partial charge in [-0.1, -0.05) is 18.2 Å². The maximum Gasteiger partial charge on any atom is 0.268 e. The third-order valence-electron chi connectivity index (χ3n) is 5.37. The van der Waals surface area contributed by atoms with Crippen molar-refractivity contribution in [3.63, 3.8) is 0 Å². The number of para-hydroxylation sites is 1. The largest absolute Gasteiger partial charge is 0.508 e. The zero-order chi connectivity index (χ0) is 23.1. The lowest BCUT2D eigenvalue weighted by Crippen LogP contribution is -2.23. The van der Waals surface area contributed by atoms with Crippen molar-refractivity contribution in [2.24, 2.45) is 0 Å². The maximum atomic E-state index is 13.5. The fourth-order valence-corrected chi connectivity index (χ4v) is 3.99. The summed E-state index contributed by atoms with van der Waals surface area (Å²) in [6.07, 6.45) is 0. The SMILES string of the molecule is CCNc1c2on(-c3ccc(O)cc3)oc2c(NCC)c2c(=O)n(-c3ccccc3)c(=O)c12. The van der Waals surface area contributed by atoms with Gasteiger partial charge in [-0.3, -0.25) is 9.59 Å². The second kappa shape index (κ2) is 7.94. The quantitative estimate of drug-likeness (QED) is 0.337. The van der Waals surface area contributed by atoms with E-state index in [1.807, 2.05) is 19.9 Å². The second-order valence-corrected chi connectivity index (χ2v) is 7.46. The fraction of sp³-hybridized carbons (Fsp3) is 0.167. The Morgan fingerprint density at radius 3 is 1.76 bits per heavy atom. The summed E-state index contributed by atoms with van der Waals surface area (Å²) in [7, 11) is 0. The molecule has 0 saturated heterocycles. The van der Waals surface area contributed by atoms with Crippen LogP contribution in [0.15, 0.2) is 73.2 Å². The minimum atomic E-state index is -0.439. The number of hydrogen-bond donors (Lipinski definition) is 3. The molecule has 0 amide bonds. The normalized spacial score (nSPS) is 11.3. The molecule has 0 fully saturated rings. The minimum absolute atomic E-state index is 0.105. The number of nitrogens with zero attached hydrogens (tertiary/aromatic N) is 2. The summed E-state index contributed by atoms with van der Waals surface area (Å²) in [6.45, 7) is 4.77. The Morgan fingerprint density at radius 1 is 0.758 bits per heavy atom. The topological polar surface area (TPSA) is 115 Å². The molecule has 0 atom stereocenters. The maximum absolute atomic E-state index is 13.5. The van der Waals surface area contributed by atoms with E-state index in [0.717, 1.165) is 0 Å². The summed E-state index contributed by atoms with van der Waals surface area (Å²) in [5.74, 6) is 0.105. The van der Waals surface area contributed by atoms with Crippen molar-refractivity contribution in [3.05, 3.63) is 75.3 Å². The van der Waals surface area contributed by atoms with Gasteiger partial charge in [0.25, 0.3) is 11.1 Å². The first kappa shape index (κ1) is 20.5. The lowest BCUT2D eigenvalue weighted by molar-refractivity contribution is 0.170. The predicted octanol–water partition coefficient (Wildman–Crippen LogP) is 4.05. The Hall–Kier alpha value is -4.40. The third-order valence-corrected chi connectivity index (χ3v) is 5.37. The van der Waals surface area contributed by atoms with Gasteiger partial charge in [0.2, 0.25) is 11.2 Å². The molecule has 0 unspecified atom stereocenters. The molecule has 2 heterocycles. The van der Waals surface area contributed by atoms with Crippen LogP contribution >= 0.6 is 0 Å². The molecule has 0 radical (unpaired) electrons. The number of aromatic hydroxyl groups is 1.